The Morgan fingerprint density at radius 2 is 2.47 bits per heavy atom. The lowest BCUT2D eigenvalue weighted by molar-refractivity contribution is 0.0670. The van der Waals surface area contributed by atoms with Gasteiger partial charge in [0.2, 0.25) is 0 Å². The molecular weight excluding hydrogens is 270 g/mol. The van der Waals surface area contributed by atoms with Crippen molar-refractivity contribution >= 4 is 17.7 Å². The molecule has 104 valence electrons. The molecule has 1 aromatic rings. The zero-order valence-electron chi connectivity index (χ0n) is 10.6. The number of aromatic nitrogens is 1. The van der Waals surface area contributed by atoms with E-state index in [0.717, 1.165) is 24.9 Å². The molecule has 1 saturated heterocycles. The van der Waals surface area contributed by atoms with Gasteiger partial charge < -0.3 is 15.2 Å². The highest BCUT2D eigenvalue weighted by Crippen LogP contribution is 2.34. The smallest absolute Gasteiger partial charge is 0.405 e. The van der Waals surface area contributed by atoms with Gasteiger partial charge in [-0.25, -0.2) is 9.78 Å². The molecule has 0 saturated carbocycles. The van der Waals surface area contributed by atoms with Crippen LogP contribution in [-0.4, -0.2) is 36.4 Å². The van der Waals surface area contributed by atoms with Gasteiger partial charge in [-0.15, -0.1) is 0 Å². The molecule has 0 radical (unpaired) electrons. The first-order chi connectivity index (χ1) is 9.11. The Morgan fingerprint density at radius 1 is 1.68 bits per heavy atom. The minimum absolute atomic E-state index is 0.137. The lowest BCUT2D eigenvalue weighted by atomic mass is 10.1. The number of primary amides is 1. The molecule has 6 nitrogen and oxygen atoms in total. The molecule has 1 aromatic heterocycles. The average Bonchev–Trinajstić information content (AvgIpc) is 2.85. The van der Waals surface area contributed by atoms with E-state index in [0.29, 0.717) is 10.9 Å². The quantitative estimate of drug-likeness (QED) is 0.855. The zero-order valence-corrected chi connectivity index (χ0v) is 11.4. The van der Waals surface area contributed by atoms with Crippen LogP contribution in [0, 0.1) is 0 Å². The minimum atomic E-state index is -0.766. The first-order valence-corrected chi connectivity index (χ1v) is 6.35. The van der Waals surface area contributed by atoms with Crippen LogP contribution in [0.25, 0.3) is 0 Å². The normalized spacial score (nSPS) is 19.4. The number of carbonyl (C=O) groups excluding carboxylic acids is 1. The van der Waals surface area contributed by atoms with Crippen molar-refractivity contribution < 1.29 is 14.3 Å². The Morgan fingerprint density at radius 3 is 3.16 bits per heavy atom. The molecule has 1 atom stereocenters. The van der Waals surface area contributed by atoms with E-state index in [-0.39, 0.29) is 12.8 Å². The number of nitrogens with zero attached hydrogens (tertiary/aromatic N) is 2. The SMILES string of the molecule is COc1cc([C@@H]2CCCN2COC(N)=O)cnc1Cl. The molecule has 1 aliphatic heterocycles. The maximum Gasteiger partial charge on any atom is 0.405 e. The number of hydrogen-bond donors (Lipinski definition) is 1. The summed E-state index contributed by atoms with van der Waals surface area (Å²) in [5, 5.41) is 0.337. The van der Waals surface area contributed by atoms with Crippen LogP contribution < -0.4 is 10.5 Å². The lowest BCUT2D eigenvalue weighted by Crippen LogP contribution is -2.29. The van der Waals surface area contributed by atoms with Crippen molar-refractivity contribution in [2.24, 2.45) is 5.73 Å². The first-order valence-electron chi connectivity index (χ1n) is 5.97. The number of methoxy groups -OCH3 is 1. The summed E-state index contributed by atoms with van der Waals surface area (Å²) in [6, 6.07) is 2.00. The molecule has 2 N–H and O–H groups in total. The Hall–Kier alpha value is -1.53. The fraction of sp³-hybridized carbons (Fsp3) is 0.500. The molecule has 1 aliphatic rings. The Balaban J connectivity index is 2.13. The van der Waals surface area contributed by atoms with Crippen LogP contribution in [0.4, 0.5) is 4.79 Å². The van der Waals surface area contributed by atoms with Crippen molar-refractivity contribution in [1.29, 1.82) is 0 Å². The zero-order chi connectivity index (χ0) is 13.8. The van der Waals surface area contributed by atoms with Gasteiger partial charge in [-0.05, 0) is 24.5 Å². The molecule has 1 amide bonds. The average molecular weight is 286 g/mol. The summed E-state index contributed by atoms with van der Waals surface area (Å²) in [5.41, 5.74) is 5.98. The Bertz CT molecular complexity index is 470. The van der Waals surface area contributed by atoms with E-state index in [1.54, 1.807) is 13.3 Å². The third kappa shape index (κ3) is 3.27. The van der Waals surface area contributed by atoms with Gasteiger partial charge in [0.1, 0.15) is 6.73 Å². The number of ether oxygens (including phenoxy) is 2. The predicted octanol–water partition coefficient (Wildman–Crippen LogP) is 1.93. The number of nitrogens with two attached hydrogens (primary N) is 1. The summed E-state index contributed by atoms with van der Waals surface area (Å²) in [6.07, 6.45) is 2.95. The molecule has 2 heterocycles. The van der Waals surface area contributed by atoms with E-state index in [2.05, 4.69) is 4.98 Å². The van der Waals surface area contributed by atoms with Gasteiger partial charge in [-0.3, -0.25) is 4.90 Å². The molecule has 19 heavy (non-hydrogen) atoms. The van der Waals surface area contributed by atoms with Crippen molar-refractivity contribution in [3.63, 3.8) is 0 Å². The Labute approximate surface area is 116 Å². The second-order valence-electron chi connectivity index (χ2n) is 4.32. The van der Waals surface area contributed by atoms with Gasteiger partial charge in [0, 0.05) is 18.8 Å². The van der Waals surface area contributed by atoms with Gasteiger partial charge in [0.25, 0.3) is 0 Å². The first kappa shape index (κ1) is 13.9. The molecule has 0 bridgehead atoms. The van der Waals surface area contributed by atoms with E-state index in [4.69, 9.17) is 26.8 Å². The highest BCUT2D eigenvalue weighted by molar-refractivity contribution is 6.30. The fourth-order valence-electron chi connectivity index (χ4n) is 2.27. The lowest BCUT2D eigenvalue weighted by Gasteiger charge is -2.23. The van der Waals surface area contributed by atoms with Crippen molar-refractivity contribution in [3.8, 4) is 5.75 Å². The van der Waals surface area contributed by atoms with Gasteiger partial charge in [-0.2, -0.15) is 0 Å². The topological polar surface area (TPSA) is 77.7 Å². The fourth-order valence-corrected chi connectivity index (χ4v) is 2.45. The maximum atomic E-state index is 10.7. The van der Waals surface area contributed by atoms with Crippen LogP contribution in [-0.2, 0) is 4.74 Å². The van der Waals surface area contributed by atoms with Gasteiger partial charge in [0.05, 0.1) is 7.11 Å². The van der Waals surface area contributed by atoms with E-state index < -0.39 is 6.09 Å². The molecule has 0 spiro atoms. The number of carbonyl (C=O) groups is 1. The van der Waals surface area contributed by atoms with Crippen molar-refractivity contribution in [3.05, 3.63) is 23.0 Å². The van der Waals surface area contributed by atoms with Crippen LogP contribution in [0.1, 0.15) is 24.4 Å². The molecule has 1 fully saturated rings. The molecule has 0 aliphatic carbocycles. The standard InChI is InChI=1S/C12H16ClN3O3/c1-18-10-5-8(6-15-11(10)13)9-3-2-4-16(9)7-19-12(14)17/h5-6,9H,2-4,7H2,1H3,(H2,14,17)/t9-/m0/s1. The molecular formula is C12H16ClN3O3. The van der Waals surface area contributed by atoms with Crippen LogP contribution >= 0.6 is 11.6 Å². The predicted molar refractivity (Wildman–Crippen MR) is 70.0 cm³/mol. The molecule has 2 rings (SSSR count). The van der Waals surface area contributed by atoms with Gasteiger partial charge >= 0.3 is 6.09 Å². The molecule has 0 aromatic carbocycles. The number of rotatable bonds is 4. The van der Waals surface area contributed by atoms with Crippen LogP contribution in [0.2, 0.25) is 5.15 Å². The van der Waals surface area contributed by atoms with E-state index >= 15 is 0 Å². The maximum absolute atomic E-state index is 10.7. The number of amides is 1. The van der Waals surface area contributed by atoms with Crippen molar-refractivity contribution in [1.82, 2.24) is 9.88 Å². The minimum Gasteiger partial charge on any atom is -0.494 e. The third-order valence-electron chi connectivity index (χ3n) is 3.17. The highest BCUT2D eigenvalue weighted by atomic mass is 35.5. The summed E-state index contributed by atoms with van der Waals surface area (Å²) < 4.78 is 10.0. The van der Waals surface area contributed by atoms with E-state index in [1.165, 1.54) is 0 Å². The molecule has 0 unspecified atom stereocenters. The monoisotopic (exact) mass is 285 g/mol. The summed E-state index contributed by atoms with van der Waals surface area (Å²) in [4.78, 5) is 16.8. The number of pyridine rings is 1. The van der Waals surface area contributed by atoms with Crippen LogP contribution in [0.15, 0.2) is 12.3 Å². The second kappa shape index (κ2) is 6.08. The summed E-state index contributed by atoms with van der Waals surface area (Å²) >= 11 is 5.91. The van der Waals surface area contributed by atoms with Gasteiger partial charge in [-0.1, -0.05) is 11.6 Å². The van der Waals surface area contributed by atoms with Crippen LogP contribution in [0.3, 0.4) is 0 Å². The van der Waals surface area contributed by atoms with E-state index in [1.807, 2.05) is 11.0 Å². The summed E-state index contributed by atoms with van der Waals surface area (Å²) in [7, 11) is 1.55. The molecule has 7 heteroatoms. The van der Waals surface area contributed by atoms with E-state index in [9.17, 15) is 4.79 Å². The van der Waals surface area contributed by atoms with Crippen molar-refractivity contribution in [2.75, 3.05) is 20.4 Å². The van der Waals surface area contributed by atoms with Crippen LogP contribution in [0.5, 0.6) is 5.75 Å². The summed E-state index contributed by atoms with van der Waals surface area (Å²) in [5.74, 6) is 0.543. The highest BCUT2D eigenvalue weighted by Gasteiger charge is 2.27. The largest absolute Gasteiger partial charge is 0.494 e. The Kier molecular flexibility index (Phi) is 4.44. The summed E-state index contributed by atoms with van der Waals surface area (Å²) in [6.45, 7) is 1.04. The van der Waals surface area contributed by atoms with Crippen molar-refractivity contribution in [2.45, 2.75) is 18.9 Å². The number of halogens is 1. The number of likely N-dealkylation sites (tertiary alicyclic amines) is 1. The number of hydrogen-bond acceptors (Lipinski definition) is 5. The second-order valence-corrected chi connectivity index (χ2v) is 4.68. The van der Waals surface area contributed by atoms with Gasteiger partial charge in [0.15, 0.2) is 10.9 Å². The third-order valence-corrected chi connectivity index (χ3v) is 3.45.